The molecule has 0 bridgehead atoms. The van der Waals surface area contributed by atoms with Crippen molar-refractivity contribution in [2.75, 3.05) is 12.8 Å². The fourth-order valence-corrected chi connectivity index (χ4v) is 1.68. The van der Waals surface area contributed by atoms with E-state index in [1.54, 1.807) is 42.5 Å². The summed E-state index contributed by atoms with van der Waals surface area (Å²) < 4.78 is 4.89. The molecule has 0 saturated carbocycles. The van der Waals surface area contributed by atoms with Gasteiger partial charge in [-0.15, -0.1) is 0 Å². The number of phenolic OH excluding ortho intramolecular Hbond substituents is 1. The monoisotopic (exact) mass is 311 g/mol. The lowest BCUT2D eigenvalue weighted by atomic mass is 10.2. The van der Waals surface area contributed by atoms with Crippen LogP contribution in [-0.4, -0.2) is 12.2 Å². The minimum atomic E-state index is 0.144. The smallest absolute Gasteiger partial charge is 0.165 e. The van der Waals surface area contributed by atoms with Gasteiger partial charge in [-0.25, -0.2) is 0 Å². The lowest BCUT2D eigenvalue weighted by Crippen LogP contribution is -1.84. The first kappa shape index (κ1) is 16.2. The molecule has 0 atom stereocenters. The van der Waals surface area contributed by atoms with Crippen LogP contribution in [0.3, 0.4) is 0 Å². The number of aromatic hydroxyl groups is 1. The van der Waals surface area contributed by atoms with Crippen LogP contribution in [0.4, 0.5) is 5.69 Å². The van der Waals surface area contributed by atoms with Crippen molar-refractivity contribution >= 4 is 35.0 Å². The van der Waals surface area contributed by atoms with Crippen LogP contribution >= 0.6 is 23.2 Å². The lowest BCUT2D eigenvalue weighted by Gasteiger charge is -2.04. The molecule has 0 aliphatic carbocycles. The standard InChI is InChI=1S/C9H10O2.C6H5Cl2N/c1-3-7-5-4-6-8(11-2)9(7)10;7-4-1-2-5(8)6(9)3-4/h3-6,10H,1H2,2H3;1-3H,9H2. The maximum Gasteiger partial charge on any atom is 0.165 e. The van der Waals surface area contributed by atoms with Crippen molar-refractivity contribution in [3.63, 3.8) is 0 Å². The predicted octanol–water partition coefficient (Wildman–Crippen LogP) is 4.62. The normalized spacial score (nSPS) is 9.35. The van der Waals surface area contributed by atoms with Crippen molar-refractivity contribution in [3.05, 3.63) is 58.6 Å². The third-order valence-corrected chi connectivity index (χ3v) is 3.01. The van der Waals surface area contributed by atoms with Crippen LogP contribution in [0.15, 0.2) is 43.0 Å². The molecule has 3 N–H and O–H groups in total. The van der Waals surface area contributed by atoms with Gasteiger partial charge in [0.25, 0.3) is 0 Å². The van der Waals surface area contributed by atoms with Gasteiger partial charge in [0.15, 0.2) is 11.5 Å². The van der Waals surface area contributed by atoms with Crippen LogP contribution in [0.1, 0.15) is 5.56 Å². The van der Waals surface area contributed by atoms with Gasteiger partial charge in [-0.2, -0.15) is 0 Å². The highest BCUT2D eigenvalue weighted by Gasteiger charge is 2.02. The summed E-state index contributed by atoms with van der Waals surface area (Å²) >= 11 is 11.2. The van der Waals surface area contributed by atoms with E-state index >= 15 is 0 Å². The number of ether oxygens (including phenoxy) is 1. The number of nitrogens with two attached hydrogens (primary N) is 1. The summed E-state index contributed by atoms with van der Waals surface area (Å²) in [5.41, 5.74) is 6.61. The Balaban J connectivity index is 0.000000204. The third-order valence-electron chi connectivity index (χ3n) is 2.43. The predicted molar refractivity (Wildman–Crippen MR) is 85.6 cm³/mol. The Hall–Kier alpha value is -1.84. The highest BCUT2D eigenvalue weighted by Crippen LogP contribution is 2.29. The first-order valence-corrected chi connectivity index (χ1v) is 6.44. The van der Waals surface area contributed by atoms with Gasteiger partial charge in [0.05, 0.1) is 17.8 Å². The van der Waals surface area contributed by atoms with E-state index in [0.717, 1.165) is 0 Å². The molecule has 5 heteroatoms. The van der Waals surface area contributed by atoms with E-state index in [0.29, 0.717) is 27.0 Å². The minimum absolute atomic E-state index is 0.144. The first-order valence-electron chi connectivity index (χ1n) is 5.68. The number of para-hydroxylation sites is 1. The summed E-state index contributed by atoms with van der Waals surface area (Å²) in [4.78, 5) is 0. The number of rotatable bonds is 2. The molecule has 0 fully saturated rings. The summed E-state index contributed by atoms with van der Waals surface area (Å²) in [6, 6.07) is 10.2. The number of methoxy groups -OCH3 is 1. The summed E-state index contributed by atoms with van der Waals surface area (Å²) in [7, 11) is 1.52. The zero-order valence-corrected chi connectivity index (χ0v) is 12.4. The topological polar surface area (TPSA) is 55.5 Å². The third kappa shape index (κ3) is 4.37. The number of halogens is 2. The van der Waals surface area contributed by atoms with Crippen molar-refractivity contribution < 1.29 is 9.84 Å². The zero-order chi connectivity index (χ0) is 15.1. The molecule has 0 aromatic heterocycles. The fraction of sp³-hybridized carbons (Fsp3) is 0.0667. The molecule has 20 heavy (non-hydrogen) atoms. The molecule has 0 spiro atoms. The molecule has 3 nitrogen and oxygen atoms in total. The molecule has 0 heterocycles. The van der Waals surface area contributed by atoms with Crippen molar-refractivity contribution in [2.45, 2.75) is 0 Å². The van der Waals surface area contributed by atoms with Gasteiger partial charge in [0, 0.05) is 10.6 Å². The molecule has 2 rings (SSSR count). The second-order valence-corrected chi connectivity index (χ2v) is 4.61. The van der Waals surface area contributed by atoms with Crippen LogP contribution in [0, 0.1) is 0 Å². The Labute approximate surface area is 128 Å². The van der Waals surface area contributed by atoms with Crippen molar-refractivity contribution in [1.29, 1.82) is 0 Å². The maximum absolute atomic E-state index is 9.39. The maximum atomic E-state index is 9.39. The van der Waals surface area contributed by atoms with Gasteiger partial charge < -0.3 is 15.6 Å². The number of anilines is 1. The summed E-state index contributed by atoms with van der Waals surface area (Å²) in [5, 5.41) is 10.5. The molecule has 0 unspecified atom stereocenters. The number of nitrogen functional groups attached to an aromatic ring is 1. The lowest BCUT2D eigenvalue weighted by molar-refractivity contribution is 0.373. The van der Waals surface area contributed by atoms with E-state index in [9.17, 15) is 5.11 Å². The molecule has 0 saturated heterocycles. The Kier molecular flexibility index (Phi) is 6.22. The van der Waals surface area contributed by atoms with Crippen molar-refractivity contribution in [3.8, 4) is 11.5 Å². The second-order valence-electron chi connectivity index (χ2n) is 3.77. The Morgan fingerprint density at radius 3 is 2.45 bits per heavy atom. The summed E-state index contributed by atoms with van der Waals surface area (Å²) in [6.07, 6.45) is 1.58. The second kappa shape index (κ2) is 7.68. The van der Waals surface area contributed by atoms with Gasteiger partial charge >= 0.3 is 0 Å². The molecule has 0 aliphatic rings. The number of phenols is 1. The zero-order valence-electron chi connectivity index (χ0n) is 10.9. The number of hydrogen-bond acceptors (Lipinski definition) is 3. The molecule has 0 aliphatic heterocycles. The molecule has 0 amide bonds. The van der Waals surface area contributed by atoms with E-state index in [1.807, 2.05) is 0 Å². The van der Waals surface area contributed by atoms with E-state index in [4.69, 9.17) is 33.7 Å². The first-order chi connectivity index (χ1) is 9.49. The molecule has 2 aromatic rings. The molecular weight excluding hydrogens is 297 g/mol. The summed E-state index contributed by atoms with van der Waals surface area (Å²) in [5.74, 6) is 0.618. The SMILES string of the molecule is C=Cc1cccc(OC)c1O.Nc1cc(Cl)ccc1Cl. The highest BCUT2D eigenvalue weighted by atomic mass is 35.5. The van der Waals surface area contributed by atoms with Crippen LogP contribution in [0.2, 0.25) is 10.0 Å². The number of benzene rings is 2. The van der Waals surface area contributed by atoms with E-state index in [2.05, 4.69) is 6.58 Å². The van der Waals surface area contributed by atoms with Crippen LogP contribution in [0.25, 0.3) is 6.08 Å². The van der Waals surface area contributed by atoms with Crippen LogP contribution < -0.4 is 10.5 Å². The van der Waals surface area contributed by atoms with Crippen molar-refractivity contribution in [2.24, 2.45) is 0 Å². The minimum Gasteiger partial charge on any atom is -0.504 e. The average Bonchev–Trinajstić information content (AvgIpc) is 2.44. The largest absolute Gasteiger partial charge is 0.504 e. The van der Waals surface area contributed by atoms with Gasteiger partial charge in [-0.1, -0.05) is 48.0 Å². The van der Waals surface area contributed by atoms with E-state index < -0.39 is 0 Å². The van der Waals surface area contributed by atoms with Gasteiger partial charge in [-0.05, 0) is 24.3 Å². The molecule has 0 radical (unpaired) electrons. The Morgan fingerprint density at radius 1 is 1.25 bits per heavy atom. The molecule has 106 valence electrons. The van der Waals surface area contributed by atoms with Gasteiger partial charge in [0.2, 0.25) is 0 Å². The van der Waals surface area contributed by atoms with E-state index in [1.165, 1.54) is 7.11 Å². The number of hydrogen-bond donors (Lipinski definition) is 2. The quantitative estimate of drug-likeness (QED) is 0.796. The van der Waals surface area contributed by atoms with Gasteiger partial charge in [0.1, 0.15) is 0 Å². The Bertz CT molecular complexity index is 600. The van der Waals surface area contributed by atoms with Crippen LogP contribution in [-0.2, 0) is 0 Å². The van der Waals surface area contributed by atoms with E-state index in [-0.39, 0.29) is 5.75 Å². The fourth-order valence-electron chi connectivity index (χ4n) is 1.38. The molecular formula is C15H15Cl2NO2. The highest BCUT2D eigenvalue weighted by molar-refractivity contribution is 6.35. The van der Waals surface area contributed by atoms with Gasteiger partial charge in [-0.3, -0.25) is 0 Å². The Morgan fingerprint density at radius 2 is 1.95 bits per heavy atom. The average molecular weight is 312 g/mol. The van der Waals surface area contributed by atoms with Crippen molar-refractivity contribution in [1.82, 2.24) is 0 Å². The van der Waals surface area contributed by atoms with Crippen LogP contribution in [0.5, 0.6) is 11.5 Å². The summed E-state index contributed by atoms with van der Waals surface area (Å²) in [6.45, 7) is 3.55. The molecule has 2 aromatic carbocycles.